The third-order valence-corrected chi connectivity index (χ3v) is 11.0. The number of aromatic hydroxyl groups is 1. The monoisotopic (exact) mass is 623 g/mol. The van der Waals surface area contributed by atoms with Crippen LogP contribution < -0.4 is 4.90 Å². The number of phenolic OH excluding ortho intramolecular Hbond substituents is 1. The molecular weight excluding hydrogens is 589 g/mol. The Bertz CT molecular complexity index is 1610. The quantitative estimate of drug-likeness (QED) is 0.237. The van der Waals surface area contributed by atoms with Crippen molar-refractivity contribution in [2.75, 3.05) is 57.1 Å². The first kappa shape index (κ1) is 27.5. The van der Waals surface area contributed by atoms with E-state index in [4.69, 9.17) is 11.6 Å². The van der Waals surface area contributed by atoms with Gasteiger partial charge in [0.2, 0.25) is 0 Å². The summed E-state index contributed by atoms with van der Waals surface area (Å²) in [5.41, 5.74) is 3.90. The molecule has 0 spiro atoms. The number of rotatable bonds is 7. The molecule has 1 atom stereocenters. The van der Waals surface area contributed by atoms with E-state index in [0.717, 1.165) is 80.0 Å². The number of piperazine rings is 1. The normalized spacial score (nSPS) is 18.1. The van der Waals surface area contributed by atoms with Gasteiger partial charge in [-0.05, 0) is 7.05 Å². The van der Waals surface area contributed by atoms with Gasteiger partial charge in [-0.25, -0.2) is 0 Å². The number of Topliss-reactive ketones (excluding diaryl/α,β-unsaturated/α-hetero) is 1. The molecule has 4 aromatic rings. The van der Waals surface area contributed by atoms with Gasteiger partial charge in [0, 0.05) is 0 Å². The Morgan fingerprint density at radius 2 is 1.82 bits per heavy atom. The molecule has 8 heteroatoms. The molecule has 0 saturated carbocycles. The van der Waals surface area contributed by atoms with Crippen LogP contribution in [0.15, 0.2) is 48.5 Å². The van der Waals surface area contributed by atoms with E-state index >= 15 is 0 Å². The minimum absolute atomic E-state index is 0.00542. The molecule has 3 aromatic carbocycles. The van der Waals surface area contributed by atoms with E-state index in [2.05, 4.69) is 35.0 Å². The fourth-order valence-corrected chi connectivity index (χ4v) is 8.35. The third kappa shape index (κ3) is 5.34. The second kappa shape index (κ2) is 11.3. The molecule has 2 aliphatic heterocycles. The number of fused-ring (bicyclic) bond motifs is 4. The van der Waals surface area contributed by atoms with E-state index in [9.17, 15) is 14.7 Å². The molecule has 1 N–H and O–H groups in total. The van der Waals surface area contributed by atoms with Gasteiger partial charge in [0.25, 0.3) is 0 Å². The molecule has 40 heavy (non-hydrogen) atoms. The number of hydrogen-bond acceptors (Lipinski definition) is 5. The summed E-state index contributed by atoms with van der Waals surface area (Å²) >= 11 is 6.29. The van der Waals surface area contributed by atoms with Gasteiger partial charge in [-0.15, -0.1) is 0 Å². The Labute approximate surface area is 245 Å². The Morgan fingerprint density at radius 3 is 2.60 bits per heavy atom. The number of benzene rings is 3. The first-order valence-electron chi connectivity index (χ1n) is 13.9. The zero-order chi connectivity index (χ0) is 28.0. The number of alkyl halides is 1. The Hall–Kier alpha value is -2.67. The summed E-state index contributed by atoms with van der Waals surface area (Å²) in [6.07, 6.45) is 0.995. The number of halogens is 1. The van der Waals surface area contributed by atoms with Crippen molar-refractivity contribution in [1.82, 2.24) is 9.80 Å². The SMILES string of the molecule is Cc1ccc2c(O)cc3c(c2c1)[C@H](CCl)CN3C(=O)c1cc2cc(CC(=O)CCN3CCN(C)CC3)ccc2[se]1. The molecule has 0 radical (unpaired) electrons. The number of carbonyl (C=O) groups excluding carboxylic acids is 2. The van der Waals surface area contributed by atoms with Crippen LogP contribution in [-0.2, 0) is 11.2 Å². The van der Waals surface area contributed by atoms with Gasteiger partial charge >= 0.3 is 240 Å². The Kier molecular flexibility index (Phi) is 7.77. The average molecular weight is 623 g/mol. The van der Waals surface area contributed by atoms with Gasteiger partial charge in [-0.2, -0.15) is 0 Å². The van der Waals surface area contributed by atoms with Crippen LogP contribution in [0, 0.1) is 6.92 Å². The van der Waals surface area contributed by atoms with E-state index in [1.54, 1.807) is 11.0 Å². The zero-order valence-electron chi connectivity index (χ0n) is 23.0. The number of likely N-dealkylation sites (N-methyl/N-ethyl adjacent to an activating group) is 1. The molecular formula is C32H34ClN3O3Se. The number of amides is 1. The van der Waals surface area contributed by atoms with Crippen LogP contribution in [0.25, 0.3) is 20.4 Å². The van der Waals surface area contributed by atoms with Crippen molar-refractivity contribution >= 4 is 63.9 Å². The van der Waals surface area contributed by atoms with E-state index in [-0.39, 0.29) is 37.9 Å². The summed E-state index contributed by atoms with van der Waals surface area (Å²) in [6, 6.07) is 15.9. The van der Waals surface area contributed by atoms with E-state index in [0.29, 0.717) is 25.3 Å². The van der Waals surface area contributed by atoms with Crippen LogP contribution in [0.5, 0.6) is 5.75 Å². The van der Waals surface area contributed by atoms with Crippen molar-refractivity contribution in [3.63, 3.8) is 0 Å². The first-order chi connectivity index (χ1) is 19.3. The second-order valence-electron chi connectivity index (χ2n) is 11.2. The van der Waals surface area contributed by atoms with Gasteiger partial charge < -0.3 is 0 Å². The van der Waals surface area contributed by atoms with Gasteiger partial charge in [0.1, 0.15) is 0 Å². The fourth-order valence-electron chi connectivity index (χ4n) is 6.02. The van der Waals surface area contributed by atoms with Gasteiger partial charge in [0.05, 0.1) is 0 Å². The molecule has 6 nitrogen and oxygen atoms in total. The topological polar surface area (TPSA) is 64.1 Å². The maximum absolute atomic E-state index is 13.9. The first-order valence-corrected chi connectivity index (χ1v) is 16.1. The molecule has 1 amide bonds. The second-order valence-corrected chi connectivity index (χ2v) is 13.8. The number of anilines is 1. The summed E-state index contributed by atoms with van der Waals surface area (Å²) in [7, 11) is 2.14. The van der Waals surface area contributed by atoms with Crippen molar-refractivity contribution in [2.24, 2.45) is 0 Å². The molecule has 1 aromatic heterocycles. The summed E-state index contributed by atoms with van der Waals surface area (Å²) in [5, 5.41) is 13.6. The van der Waals surface area contributed by atoms with Crippen LogP contribution in [0.1, 0.15) is 38.3 Å². The predicted octanol–water partition coefficient (Wildman–Crippen LogP) is 4.80. The molecule has 1 fully saturated rings. The maximum atomic E-state index is 13.9. The van der Waals surface area contributed by atoms with Crippen molar-refractivity contribution in [1.29, 1.82) is 0 Å². The van der Waals surface area contributed by atoms with Crippen LogP contribution >= 0.6 is 11.6 Å². The molecule has 208 valence electrons. The molecule has 6 rings (SSSR count). The minimum atomic E-state index is -0.120. The summed E-state index contributed by atoms with van der Waals surface area (Å²) in [5.74, 6) is 0.817. The zero-order valence-corrected chi connectivity index (χ0v) is 25.4. The van der Waals surface area contributed by atoms with E-state index in [1.165, 1.54) is 0 Å². The van der Waals surface area contributed by atoms with Gasteiger partial charge in [-0.1, -0.05) is 0 Å². The van der Waals surface area contributed by atoms with Crippen LogP contribution in [0.3, 0.4) is 0 Å². The van der Waals surface area contributed by atoms with Crippen LogP contribution in [-0.4, -0.2) is 93.3 Å². The van der Waals surface area contributed by atoms with E-state index in [1.807, 2.05) is 31.2 Å². The van der Waals surface area contributed by atoms with Crippen LogP contribution in [0.4, 0.5) is 5.69 Å². The van der Waals surface area contributed by atoms with Crippen LogP contribution in [0.2, 0.25) is 0 Å². The number of phenols is 1. The van der Waals surface area contributed by atoms with Crippen molar-refractivity contribution in [2.45, 2.75) is 25.7 Å². The summed E-state index contributed by atoms with van der Waals surface area (Å²) in [4.78, 5) is 33.1. The summed E-state index contributed by atoms with van der Waals surface area (Å²) < 4.78 is 1.95. The summed E-state index contributed by atoms with van der Waals surface area (Å²) in [6.45, 7) is 7.51. The van der Waals surface area contributed by atoms with Crippen molar-refractivity contribution in [3.8, 4) is 5.75 Å². The Morgan fingerprint density at radius 1 is 1.02 bits per heavy atom. The number of nitrogens with zero attached hydrogens (tertiary/aromatic N) is 3. The van der Waals surface area contributed by atoms with Crippen molar-refractivity contribution < 1.29 is 14.7 Å². The van der Waals surface area contributed by atoms with Gasteiger partial charge in [-0.3, -0.25) is 0 Å². The Balaban J connectivity index is 1.20. The van der Waals surface area contributed by atoms with Gasteiger partial charge in [0.15, 0.2) is 0 Å². The molecule has 0 bridgehead atoms. The molecule has 2 aliphatic rings. The number of carbonyl (C=O) groups is 2. The standard InChI is InChI=1S/C32H34ClN3O3Se/c1-20-3-5-25-26(13-20)31-23(18-33)19-36(27(31)17-28(25)38)32(39)30-16-22-14-21(4-6-29(22)40-30)15-24(37)7-8-35-11-9-34(2)10-12-35/h3-6,13-14,16-17,23,38H,7-12,15,18-19H2,1-2H3/t23-/m1/s1. The average Bonchev–Trinajstić information content (AvgIpc) is 3.53. The number of aryl methyl sites for hydroxylation is 1. The number of hydrogen-bond donors (Lipinski definition) is 1. The van der Waals surface area contributed by atoms with E-state index < -0.39 is 0 Å². The molecule has 0 aliphatic carbocycles. The fraction of sp³-hybridized carbons (Fsp3) is 0.375. The molecule has 3 heterocycles. The predicted molar refractivity (Wildman–Crippen MR) is 164 cm³/mol. The third-order valence-electron chi connectivity index (χ3n) is 8.32. The number of ketones is 1. The molecule has 1 saturated heterocycles. The van der Waals surface area contributed by atoms with Crippen molar-refractivity contribution in [3.05, 3.63) is 69.7 Å². The molecule has 0 unspecified atom stereocenters.